The molecule has 1 rings (SSSR count). The third-order valence-corrected chi connectivity index (χ3v) is 3.98. The van der Waals surface area contributed by atoms with E-state index in [0.29, 0.717) is 18.4 Å². The summed E-state index contributed by atoms with van der Waals surface area (Å²) in [7, 11) is 0. The molecule has 0 saturated heterocycles. The SMILES string of the molecule is CCCCc1cccc(C(=O)C(O)C(=O)OCC)c1C(=O)C(O)C(=O)OCC. The van der Waals surface area contributed by atoms with E-state index in [2.05, 4.69) is 9.47 Å². The fourth-order valence-electron chi connectivity index (χ4n) is 2.61. The van der Waals surface area contributed by atoms with Gasteiger partial charge < -0.3 is 19.7 Å². The largest absolute Gasteiger partial charge is 0.464 e. The van der Waals surface area contributed by atoms with Gasteiger partial charge in [-0.3, -0.25) is 9.59 Å². The van der Waals surface area contributed by atoms with Crippen LogP contribution in [0.1, 0.15) is 59.9 Å². The van der Waals surface area contributed by atoms with E-state index < -0.39 is 35.7 Å². The summed E-state index contributed by atoms with van der Waals surface area (Å²) in [5, 5.41) is 20.1. The van der Waals surface area contributed by atoms with Crippen LogP contribution in [0.5, 0.6) is 0 Å². The normalized spacial score (nSPS) is 12.8. The summed E-state index contributed by atoms with van der Waals surface area (Å²) in [5.74, 6) is -4.35. The maximum atomic E-state index is 12.8. The molecule has 8 heteroatoms. The van der Waals surface area contributed by atoms with Gasteiger partial charge in [0.15, 0.2) is 0 Å². The Morgan fingerprint density at radius 3 is 1.93 bits per heavy atom. The van der Waals surface area contributed by atoms with Gasteiger partial charge in [0.05, 0.1) is 13.2 Å². The molecule has 0 aliphatic carbocycles. The van der Waals surface area contributed by atoms with E-state index in [-0.39, 0.29) is 24.3 Å². The van der Waals surface area contributed by atoms with Crippen molar-refractivity contribution in [3.05, 3.63) is 34.9 Å². The van der Waals surface area contributed by atoms with Crippen LogP contribution in [0.15, 0.2) is 18.2 Å². The minimum Gasteiger partial charge on any atom is -0.464 e. The lowest BCUT2D eigenvalue weighted by molar-refractivity contribution is -0.151. The molecule has 1 aromatic rings. The highest BCUT2D eigenvalue weighted by atomic mass is 16.6. The molecule has 0 spiro atoms. The third-order valence-electron chi connectivity index (χ3n) is 3.98. The van der Waals surface area contributed by atoms with Crippen molar-refractivity contribution in [1.29, 1.82) is 0 Å². The molecule has 154 valence electrons. The molecule has 0 amide bonds. The smallest absolute Gasteiger partial charge is 0.343 e. The van der Waals surface area contributed by atoms with Crippen LogP contribution in [0.4, 0.5) is 0 Å². The number of carbonyl (C=O) groups excluding carboxylic acids is 4. The molecule has 0 bridgehead atoms. The van der Waals surface area contributed by atoms with Crippen LogP contribution < -0.4 is 0 Å². The van der Waals surface area contributed by atoms with Crippen molar-refractivity contribution in [1.82, 2.24) is 0 Å². The molecule has 0 radical (unpaired) electrons. The molecular formula is C20H26O8. The van der Waals surface area contributed by atoms with Crippen LogP contribution in [0.25, 0.3) is 0 Å². The highest BCUT2D eigenvalue weighted by molar-refractivity contribution is 6.20. The van der Waals surface area contributed by atoms with E-state index in [0.717, 1.165) is 6.42 Å². The fraction of sp³-hybridized carbons (Fsp3) is 0.500. The molecule has 0 aliphatic heterocycles. The molecule has 2 unspecified atom stereocenters. The average Bonchev–Trinajstić information content (AvgIpc) is 2.69. The second kappa shape index (κ2) is 11.3. The Bertz CT molecular complexity index is 725. The Morgan fingerprint density at radius 2 is 1.43 bits per heavy atom. The van der Waals surface area contributed by atoms with Crippen molar-refractivity contribution in [2.75, 3.05) is 13.2 Å². The second-order valence-corrected chi connectivity index (χ2v) is 5.98. The molecule has 0 heterocycles. The standard InChI is InChI=1S/C20H26O8/c1-4-7-9-12-10-8-11-13(15(21)17(23)19(25)27-5-2)14(12)16(22)18(24)20(26)28-6-3/h8,10-11,17-18,23-24H,4-7,9H2,1-3H3. The van der Waals surface area contributed by atoms with Gasteiger partial charge >= 0.3 is 11.9 Å². The first-order chi connectivity index (χ1) is 13.3. The maximum Gasteiger partial charge on any atom is 0.343 e. The van der Waals surface area contributed by atoms with E-state index in [1.165, 1.54) is 26.0 Å². The number of aliphatic hydroxyl groups is 2. The topological polar surface area (TPSA) is 127 Å². The summed E-state index contributed by atoms with van der Waals surface area (Å²) in [6, 6.07) is 4.35. The van der Waals surface area contributed by atoms with Gasteiger partial charge in [0, 0.05) is 11.1 Å². The Hall–Kier alpha value is -2.58. The van der Waals surface area contributed by atoms with Crippen LogP contribution in [-0.4, -0.2) is 59.1 Å². The first kappa shape index (κ1) is 23.5. The lowest BCUT2D eigenvalue weighted by Crippen LogP contribution is -2.36. The molecule has 8 nitrogen and oxygen atoms in total. The number of esters is 2. The zero-order valence-corrected chi connectivity index (χ0v) is 16.3. The molecule has 0 aliphatic rings. The third kappa shape index (κ3) is 5.71. The Labute approximate surface area is 163 Å². The van der Waals surface area contributed by atoms with Crippen molar-refractivity contribution in [2.45, 2.75) is 52.2 Å². The highest BCUT2D eigenvalue weighted by Crippen LogP contribution is 2.22. The lowest BCUT2D eigenvalue weighted by Gasteiger charge is -2.17. The van der Waals surface area contributed by atoms with Crippen LogP contribution >= 0.6 is 0 Å². The monoisotopic (exact) mass is 394 g/mol. The Morgan fingerprint density at radius 1 is 0.893 bits per heavy atom. The van der Waals surface area contributed by atoms with E-state index in [9.17, 15) is 29.4 Å². The number of carbonyl (C=O) groups is 4. The number of ketones is 2. The summed E-state index contributed by atoms with van der Waals surface area (Å²) in [4.78, 5) is 48.9. The molecule has 2 atom stereocenters. The molecule has 0 aromatic heterocycles. The summed E-state index contributed by atoms with van der Waals surface area (Å²) in [6.45, 7) is 4.91. The number of hydrogen-bond donors (Lipinski definition) is 2. The van der Waals surface area contributed by atoms with Crippen LogP contribution in [0.3, 0.4) is 0 Å². The second-order valence-electron chi connectivity index (χ2n) is 5.98. The minimum atomic E-state index is -2.12. The predicted molar refractivity (Wildman–Crippen MR) is 99.0 cm³/mol. The molecule has 28 heavy (non-hydrogen) atoms. The molecule has 2 N–H and O–H groups in total. The van der Waals surface area contributed by atoms with Gasteiger partial charge in [0.1, 0.15) is 0 Å². The van der Waals surface area contributed by atoms with E-state index in [1.54, 1.807) is 6.07 Å². The molecule has 0 fully saturated rings. The van der Waals surface area contributed by atoms with Gasteiger partial charge in [-0.15, -0.1) is 0 Å². The summed E-state index contributed by atoms with van der Waals surface area (Å²) in [6.07, 6.45) is -2.34. The number of aliphatic hydroxyl groups excluding tert-OH is 2. The zero-order chi connectivity index (χ0) is 21.3. The number of aryl methyl sites for hydroxylation is 1. The van der Waals surface area contributed by atoms with Gasteiger partial charge in [0.2, 0.25) is 23.8 Å². The fourth-order valence-corrected chi connectivity index (χ4v) is 2.61. The summed E-state index contributed by atoms with van der Waals surface area (Å²) >= 11 is 0. The predicted octanol–water partition coefficient (Wildman–Crippen LogP) is 1.24. The van der Waals surface area contributed by atoms with Crippen LogP contribution in [-0.2, 0) is 25.5 Å². The molecular weight excluding hydrogens is 368 g/mol. The number of hydrogen-bond acceptors (Lipinski definition) is 8. The first-order valence-electron chi connectivity index (χ1n) is 9.19. The quantitative estimate of drug-likeness (QED) is 0.326. The zero-order valence-electron chi connectivity index (χ0n) is 16.3. The molecule has 0 saturated carbocycles. The Balaban J connectivity index is 3.40. The van der Waals surface area contributed by atoms with Crippen molar-refractivity contribution in [3.63, 3.8) is 0 Å². The Kier molecular flexibility index (Phi) is 9.47. The van der Waals surface area contributed by atoms with Crippen molar-refractivity contribution in [3.8, 4) is 0 Å². The van der Waals surface area contributed by atoms with E-state index in [1.807, 2.05) is 6.92 Å². The summed E-state index contributed by atoms with van der Waals surface area (Å²) in [5.41, 5.74) is -0.0375. The number of unbranched alkanes of at least 4 members (excludes halogenated alkanes) is 1. The van der Waals surface area contributed by atoms with Gasteiger partial charge in [0.25, 0.3) is 0 Å². The van der Waals surface area contributed by atoms with Crippen molar-refractivity contribution >= 4 is 23.5 Å². The number of ether oxygens (including phenoxy) is 2. The highest BCUT2D eigenvalue weighted by Gasteiger charge is 2.34. The number of benzene rings is 1. The van der Waals surface area contributed by atoms with Gasteiger partial charge in [-0.05, 0) is 32.3 Å². The van der Waals surface area contributed by atoms with Gasteiger partial charge in [-0.25, -0.2) is 9.59 Å². The van der Waals surface area contributed by atoms with Crippen molar-refractivity contribution in [2.24, 2.45) is 0 Å². The van der Waals surface area contributed by atoms with Crippen LogP contribution in [0, 0.1) is 0 Å². The van der Waals surface area contributed by atoms with E-state index in [4.69, 9.17) is 0 Å². The number of rotatable bonds is 11. The van der Waals surface area contributed by atoms with Crippen LogP contribution in [0.2, 0.25) is 0 Å². The molecule has 1 aromatic carbocycles. The first-order valence-corrected chi connectivity index (χ1v) is 9.19. The minimum absolute atomic E-state index is 0.0337. The number of Topliss-reactive ketones (excluding diaryl/α,β-unsaturated/α-hetero) is 2. The average molecular weight is 394 g/mol. The van der Waals surface area contributed by atoms with Gasteiger partial charge in [-0.2, -0.15) is 0 Å². The van der Waals surface area contributed by atoms with Crippen molar-refractivity contribution < 1.29 is 38.9 Å². The maximum absolute atomic E-state index is 12.8. The lowest BCUT2D eigenvalue weighted by atomic mass is 9.89. The van der Waals surface area contributed by atoms with E-state index >= 15 is 0 Å². The van der Waals surface area contributed by atoms with Gasteiger partial charge in [-0.1, -0.05) is 31.5 Å². The summed E-state index contributed by atoms with van der Waals surface area (Å²) < 4.78 is 9.31.